The van der Waals surface area contributed by atoms with Gasteiger partial charge < -0.3 is 25.6 Å². The van der Waals surface area contributed by atoms with E-state index >= 15 is 0 Å². The molecule has 0 saturated heterocycles. The lowest BCUT2D eigenvalue weighted by Gasteiger charge is -2.38. The lowest BCUT2D eigenvalue weighted by atomic mass is 9.73. The summed E-state index contributed by atoms with van der Waals surface area (Å²) in [6.45, 7) is 1.19. The van der Waals surface area contributed by atoms with Crippen LogP contribution in [0.5, 0.6) is 11.5 Å². The maximum absolute atomic E-state index is 13.3. The molecule has 2 aliphatic rings. The standard InChI is InChI=1S/C31H40ClF3N4O4/c1-42-26-12-11-19(17-27(26)43-2)29-21-9-5-6-10-22(21)30(41)39(38-29)14-8-4-3-7-13-37-18-25(40)20-15-23(31(33,34)35)28(36)24(32)16-20/h11-12,15-17,21-22,25,37,40H,3-10,13-14,18,36H2,1-2H3/t21-,22+,25?/m1/s1. The van der Waals surface area contributed by atoms with E-state index in [-0.39, 0.29) is 34.9 Å². The Morgan fingerprint density at radius 3 is 2.47 bits per heavy atom. The van der Waals surface area contributed by atoms with Crippen molar-refractivity contribution in [1.82, 2.24) is 10.3 Å². The van der Waals surface area contributed by atoms with Crippen molar-refractivity contribution in [3.8, 4) is 11.5 Å². The van der Waals surface area contributed by atoms with E-state index in [1.807, 2.05) is 18.2 Å². The molecule has 1 aliphatic carbocycles. The van der Waals surface area contributed by atoms with Crippen LogP contribution >= 0.6 is 11.6 Å². The number of anilines is 1. The lowest BCUT2D eigenvalue weighted by molar-refractivity contribution is -0.139. The average molecular weight is 625 g/mol. The number of hydrogen-bond acceptors (Lipinski definition) is 7. The Balaban J connectivity index is 1.26. The van der Waals surface area contributed by atoms with Crippen LogP contribution in [0.2, 0.25) is 5.02 Å². The highest BCUT2D eigenvalue weighted by Gasteiger charge is 2.41. The number of nitrogens with one attached hydrogen (secondary N) is 1. The van der Waals surface area contributed by atoms with Crippen LogP contribution in [0, 0.1) is 11.8 Å². The van der Waals surface area contributed by atoms with E-state index in [0.29, 0.717) is 24.6 Å². The highest BCUT2D eigenvalue weighted by molar-refractivity contribution is 6.33. The fraction of sp³-hybridized carbons (Fsp3) is 0.548. The number of aliphatic hydroxyl groups is 1. The topological polar surface area (TPSA) is 109 Å². The molecule has 1 unspecified atom stereocenters. The molecule has 1 fully saturated rings. The third kappa shape index (κ3) is 7.93. The first-order chi connectivity index (χ1) is 20.5. The number of rotatable bonds is 13. The third-order valence-electron chi connectivity index (χ3n) is 8.25. The summed E-state index contributed by atoms with van der Waals surface area (Å²) in [6, 6.07) is 7.87. The second kappa shape index (κ2) is 14.6. The molecule has 1 amide bonds. The summed E-state index contributed by atoms with van der Waals surface area (Å²) in [5, 5.41) is 19.7. The zero-order valence-corrected chi connectivity index (χ0v) is 25.3. The number of nitrogens with two attached hydrogens (primary N) is 1. The summed E-state index contributed by atoms with van der Waals surface area (Å²) in [4.78, 5) is 13.3. The van der Waals surface area contributed by atoms with Crippen molar-refractivity contribution in [3.05, 3.63) is 52.0 Å². The maximum atomic E-state index is 13.3. The Bertz CT molecular complexity index is 1310. The van der Waals surface area contributed by atoms with Gasteiger partial charge in [0.25, 0.3) is 0 Å². The van der Waals surface area contributed by atoms with Crippen molar-refractivity contribution >= 4 is 28.9 Å². The van der Waals surface area contributed by atoms with Crippen LogP contribution < -0.4 is 20.5 Å². The Morgan fingerprint density at radius 2 is 1.77 bits per heavy atom. The summed E-state index contributed by atoms with van der Waals surface area (Å²) < 4.78 is 50.5. The van der Waals surface area contributed by atoms with Crippen LogP contribution in [0.4, 0.5) is 18.9 Å². The first-order valence-corrected chi connectivity index (χ1v) is 15.1. The Hall–Kier alpha value is -3.02. The van der Waals surface area contributed by atoms with E-state index in [1.54, 1.807) is 19.2 Å². The van der Waals surface area contributed by atoms with Gasteiger partial charge in [0.05, 0.1) is 42.3 Å². The SMILES string of the molecule is COc1ccc(C2=NN(CCCCCCNCC(O)c3cc(Cl)c(N)c(C(F)(F)F)c3)C(=O)[C@H]3CCCC[C@@H]23)cc1OC. The summed E-state index contributed by atoms with van der Waals surface area (Å²) in [7, 11) is 3.20. The fourth-order valence-electron chi connectivity index (χ4n) is 5.91. The minimum Gasteiger partial charge on any atom is -0.493 e. The Kier molecular flexibility index (Phi) is 11.2. The number of halogens is 4. The molecule has 2 aromatic carbocycles. The summed E-state index contributed by atoms with van der Waals surface area (Å²) >= 11 is 5.86. The van der Waals surface area contributed by atoms with Gasteiger partial charge in [0, 0.05) is 30.5 Å². The molecule has 236 valence electrons. The second-order valence-corrected chi connectivity index (χ2v) is 11.5. The predicted molar refractivity (Wildman–Crippen MR) is 160 cm³/mol. The van der Waals surface area contributed by atoms with Gasteiger partial charge in [0.2, 0.25) is 5.91 Å². The molecule has 4 N–H and O–H groups in total. The van der Waals surface area contributed by atoms with Gasteiger partial charge in [-0.3, -0.25) is 4.79 Å². The number of carbonyl (C=O) groups is 1. The van der Waals surface area contributed by atoms with E-state index < -0.39 is 23.5 Å². The number of methoxy groups -OCH3 is 2. The quantitative estimate of drug-likeness (QED) is 0.181. The molecule has 4 rings (SSSR count). The molecule has 8 nitrogen and oxygen atoms in total. The van der Waals surface area contributed by atoms with E-state index in [4.69, 9.17) is 31.9 Å². The highest BCUT2D eigenvalue weighted by Crippen LogP contribution is 2.40. The van der Waals surface area contributed by atoms with Crippen molar-refractivity contribution < 1.29 is 32.5 Å². The number of nitrogens with zero attached hydrogens (tertiary/aromatic N) is 2. The van der Waals surface area contributed by atoms with Crippen LogP contribution in [0.15, 0.2) is 35.4 Å². The van der Waals surface area contributed by atoms with Gasteiger partial charge >= 0.3 is 6.18 Å². The minimum atomic E-state index is -4.66. The lowest BCUT2D eigenvalue weighted by Crippen LogP contribution is -2.46. The number of hydrogen-bond donors (Lipinski definition) is 3. The number of fused-ring (bicyclic) bond motifs is 1. The van der Waals surface area contributed by atoms with Crippen molar-refractivity contribution in [3.63, 3.8) is 0 Å². The molecule has 1 aliphatic heterocycles. The predicted octanol–water partition coefficient (Wildman–Crippen LogP) is 6.19. The monoisotopic (exact) mass is 624 g/mol. The number of unbranched alkanes of at least 4 members (excludes halogenated alkanes) is 3. The molecular weight excluding hydrogens is 585 g/mol. The zero-order valence-electron chi connectivity index (χ0n) is 24.6. The number of carbonyl (C=O) groups excluding carboxylic acids is 1. The normalized spacial score (nSPS) is 19.6. The van der Waals surface area contributed by atoms with Gasteiger partial charge in [-0.05, 0) is 68.1 Å². The van der Waals surface area contributed by atoms with Gasteiger partial charge in [-0.2, -0.15) is 18.3 Å². The number of ether oxygens (including phenoxy) is 2. The molecule has 1 heterocycles. The fourth-order valence-corrected chi connectivity index (χ4v) is 6.14. The largest absolute Gasteiger partial charge is 0.493 e. The van der Waals surface area contributed by atoms with Crippen LogP contribution in [0.25, 0.3) is 0 Å². The summed E-state index contributed by atoms with van der Waals surface area (Å²) in [6.07, 6.45) is 1.46. The van der Waals surface area contributed by atoms with Crippen molar-refractivity contribution in [2.24, 2.45) is 16.9 Å². The van der Waals surface area contributed by atoms with Crippen LogP contribution in [-0.4, -0.2) is 55.6 Å². The Labute approximate surface area is 255 Å². The van der Waals surface area contributed by atoms with Gasteiger partial charge in [-0.25, -0.2) is 5.01 Å². The summed E-state index contributed by atoms with van der Waals surface area (Å²) in [5.41, 5.74) is 5.79. The number of amides is 1. The molecule has 3 atom stereocenters. The Morgan fingerprint density at radius 1 is 1.07 bits per heavy atom. The van der Waals surface area contributed by atoms with E-state index in [2.05, 4.69) is 5.32 Å². The van der Waals surface area contributed by atoms with Gasteiger partial charge in [0.1, 0.15) is 0 Å². The molecule has 0 aromatic heterocycles. The summed E-state index contributed by atoms with van der Waals surface area (Å²) in [5.74, 6) is 1.41. The molecular formula is C31H40ClF3N4O4. The maximum Gasteiger partial charge on any atom is 0.418 e. The number of hydrazone groups is 1. The first kappa shape index (κ1) is 32.9. The van der Waals surface area contributed by atoms with Crippen molar-refractivity contribution in [2.45, 2.75) is 63.6 Å². The first-order valence-electron chi connectivity index (χ1n) is 14.7. The molecule has 0 bridgehead atoms. The second-order valence-electron chi connectivity index (χ2n) is 11.1. The van der Waals surface area contributed by atoms with E-state index in [1.165, 1.54) is 6.07 Å². The van der Waals surface area contributed by atoms with Gasteiger partial charge in [-0.1, -0.05) is 37.3 Å². The smallest absolute Gasteiger partial charge is 0.418 e. The molecule has 0 spiro atoms. The highest BCUT2D eigenvalue weighted by atomic mass is 35.5. The number of alkyl halides is 3. The molecule has 1 saturated carbocycles. The zero-order chi connectivity index (χ0) is 31.1. The minimum absolute atomic E-state index is 0.0541. The van der Waals surface area contributed by atoms with Gasteiger partial charge in [-0.15, -0.1) is 0 Å². The molecule has 12 heteroatoms. The molecule has 0 radical (unpaired) electrons. The molecule has 43 heavy (non-hydrogen) atoms. The van der Waals surface area contributed by atoms with Crippen LogP contribution in [-0.2, 0) is 11.0 Å². The van der Waals surface area contributed by atoms with Gasteiger partial charge in [0.15, 0.2) is 11.5 Å². The number of benzene rings is 2. The van der Waals surface area contributed by atoms with Crippen LogP contribution in [0.3, 0.4) is 0 Å². The number of nitrogen functional groups attached to an aromatic ring is 1. The van der Waals surface area contributed by atoms with E-state index in [0.717, 1.165) is 68.7 Å². The van der Waals surface area contributed by atoms with Crippen LogP contribution in [0.1, 0.15) is 74.2 Å². The average Bonchev–Trinajstić information content (AvgIpc) is 2.99. The van der Waals surface area contributed by atoms with E-state index in [9.17, 15) is 23.1 Å². The molecule has 2 aromatic rings. The van der Waals surface area contributed by atoms with Crippen molar-refractivity contribution in [2.75, 3.05) is 39.6 Å². The number of aliphatic hydroxyl groups excluding tert-OH is 1. The third-order valence-corrected chi connectivity index (χ3v) is 8.56. The van der Waals surface area contributed by atoms with Crippen molar-refractivity contribution in [1.29, 1.82) is 0 Å².